The van der Waals surface area contributed by atoms with Crippen LogP contribution in [0.1, 0.15) is 18.3 Å². The summed E-state index contributed by atoms with van der Waals surface area (Å²) < 4.78 is 12.2. The second kappa shape index (κ2) is 4.39. The van der Waals surface area contributed by atoms with Crippen LogP contribution in [0, 0.1) is 3.57 Å². The number of rotatable bonds is 1. The molecule has 2 nitrogen and oxygen atoms in total. The van der Waals surface area contributed by atoms with E-state index in [2.05, 4.69) is 46.9 Å². The van der Waals surface area contributed by atoms with Crippen molar-refractivity contribution < 1.29 is 9.47 Å². The van der Waals surface area contributed by atoms with Gasteiger partial charge in [-0.1, -0.05) is 12.1 Å². The highest BCUT2D eigenvalue weighted by Gasteiger charge is 2.15. The second-order valence-corrected chi connectivity index (χ2v) is 4.22. The number of hydrogen-bond donors (Lipinski definition) is 0. The van der Waals surface area contributed by atoms with Gasteiger partial charge >= 0.3 is 0 Å². The molecule has 3 heteroatoms. The van der Waals surface area contributed by atoms with Gasteiger partial charge in [-0.15, -0.1) is 0 Å². The van der Waals surface area contributed by atoms with Crippen molar-refractivity contribution in [1.82, 2.24) is 0 Å². The van der Waals surface area contributed by atoms with Crippen LogP contribution in [-0.2, 0) is 9.47 Å². The highest BCUT2D eigenvalue weighted by Crippen LogP contribution is 2.23. The molecule has 1 aliphatic heterocycles. The Kier molecular flexibility index (Phi) is 3.18. The van der Waals surface area contributed by atoms with Gasteiger partial charge in [-0.2, -0.15) is 0 Å². The molecule has 0 saturated carbocycles. The summed E-state index contributed by atoms with van der Waals surface area (Å²) >= 11 is 2.29. The molecule has 0 atom stereocenters. The van der Waals surface area contributed by atoms with Gasteiger partial charge in [0.05, 0.1) is 13.2 Å². The van der Waals surface area contributed by atoms with Crippen LogP contribution in [0.25, 0.3) is 0 Å². The Morgan fingerprint density at radius 2 is 1.69 bits per heavy atom. The van der Waals surface area contributed by atoms with E-state index in [1.807, 2.05) is 0 Å². The van der Waals surface area contributed by atoms with Crippen LogP contribution in [0.5, 0.6) is 0 Å². The largest absolute Gasteiger partial charge is 0.348 e. The maximum Gasteiger partial charge on any atom is 0.183 e. The summed E-state index contributed by atoms with van der Waals surface area (Å²) in [7, 11) is 0. The van der Waals surface area contributed by atoms with E-state index in [1.165, 1.54) is 3.57 Å². The van der Waals surface area contributed by atoms with E-state index >= 15 is 0 Å². The summed E-state index contributed by atoms with van der Waals surface area (Å²) in [5.41, 5.74) is 1.11. The average molecular weight is 290 g/mol. The molecule has 0 aromatic heterocycles. The van der Waals surface area contributed by atoms with Crippen molar-refractivity contribution in [2.75, 3.05) is 13.2 Å². The Labute approximate surface area is 91.4 Å². The van der Waals surface area contributed by atoms with Crippen molar-refractivity contribution in [2.45, 2.75) is 12.7 Å². The van der Waals surface area contributed by atoms with Crippen LogP contribution in [-0.4, -0.2) is 13.2 Å². The highest BCUT2D eigenvalue weighted by atomic mass is 127. The molecule has 1 saturated heterocycles. The Morgan fingerprint density at radius 3 is 2.31 bits per heavy atom. The fourth-order valence-corrected chi connectivity index (χ4v) is 1.66. The van der Waals surface area contributed by atoms with Crippen molar-refractivity contribution in [1.29, 1.82) is 0 Å². The summed E-state index contributed by atoms with van der Waals surface area (Å²) in [5, 5.41) is 0. The molecule has 1 heterocycles. The Balaban J connectivity index is 2.10. The molecule has 1 aromatic carbocycles. The van der Waals surface area contributed by atoms with E-state index in [4.69, 9.17) is 9.47 Å². The van der Waals surface area contributed by atoms with Crippen LogP contribution in [0.2, 0.25) is 0 Å². The van der Waals surface area contributed by atoms with Gasteiger partial charge in [0.25, 0.3) is 0 Å². The first-order valence-corrected chi connectivity index (χ1v) is 5.43. The van der Waals surface area contributed by atoms with E-state index in [-0.39, 0.29) is 6.29 Å². The fraction of sp³-hybridized carbons (Fsp3) is 0.400. The lowest BCUT2D eigenvalue weighted by Crippen LogP contribution is -2.17. The molecular formula is C10H11IO2. The number of benzene rings is 1. The predicted octanol–water partition coefficient (Wildman–Crippen LogP) is 2.73. The van der Waals surface area contributed by atoms with Crippen LogP contribution >= 0.6 is 22.6 Å². The number of ether oxygens (including phenoxy) is 2. The van der Waals surface area contributed by atoms with E-state index in [0.717, 1.165) is 25.2 Å². The summed E-state index contributed by atoms with van der Waals surface area (Å²) in [6.45, 7) is 1.60. The number of hydrogen-bond acceptors (Lipinski definition) is 2. The molecular weight excluding hydrogens is 279 g/mol. The molecule has 2 rings (SSSR count). The van der Waals surface area contributed by atoms with Crippen molar-refractivity contribution in [2.24, 2.45) is 0 Å². The number of halogens is 1. The third-order valence-electron chi connectivity index (χ3n) is 1.97. The lowest BCUT2D eigenvalue weighted by Gasteiger charge is -2.23. The minimum Gasteiger partial charge on any atom is -0.348 e. The molecule has 0 amide bonds. The third kappa shape index (κ3) is 2.42. The summed E-state index contributed by atoms with van der Waals surface area (Å²) in [6.07, 6.45) is 0.853. The quantitative estimate of drug-likeness (QED) is 0.740. The Hall–Kier alpha value is -0.130. The van der Waals surface area contributed by atoms with Gasteiger partial charge in [0, 0.05) is 9.13 Å². The van der Waals surface area contributed by atoms with Gasteiger partial charge in [-0.25, -0.2) is 0 Å². The first-order chi connectivity index (χ1) is 6.36. The standard InChI is InChI=1S/C10H11IO2/c11-9-4-2-8(3-5-9)10-12-6-1-7-13-10/h2-5,10H,1,6-7H2. The Bertz CT molecular complexity index is 265. The summed E-state index contributed by atoms with van der Waals surface area (Å²) in [4.78, 5) is 0. The van der Waals surface area contributed by atoms with Gasteiger partial charge in [-0.3, -0.25) is 0 Å². The zero-order valence-corrected chi connectivity index (χ0v) is 9.36. The van der Waals surface area contributed by atoms with Gasteiger partial charge in [0.2, 0.25) is 0 Å². The lowest BCUT2D eigenvalue weighted by atomic mass is 10.2. The molecule has 13 heavy (non-hydrogen) atoms. The molecule has 70 valence electrons. The van der Waals surface area contributed by atoms with E-state index in [1.54, 1.807) is 0 Å². The molecule has 1 fully saturated rings. The van der Waals surface area contributed by atoms with Gasteiger partial charge < -0.3 is 9.47 Å². The van der Waals surface area contributed by atoms with Crippen LogP contribution in [0.4, 0.5) is 0 Å². The van der Waals surface area contributed by atoms with E-state index < -0.39 is 0 Å². The first-order valence-electron chi connectivity index (χ1n) is 4.35. The topological polar surface area (TPSA) is 18.5 Å². The van der Waals surface area contributed by atoms with Gasteiger partial charge in [-0.05, 0) is 41.1 Å². The summed E-state index contributed by atoms with van der Waals surface area (Å²) in [6, 6.07) is 8.24. The molecule has 0 N–H and O–H groups in total. The normalized spacial score (nSPS) is 18.8. The van der Waals surface area contributed by atoms with Gasteiger partial charge in [0.1, 0.15) is 0 Å². The van der Waals surface area contributed by atoms with Crippen LogP contribution in [0.15, 0.2) is 24.3 Å². The molecule has 0 unspecified atom stereocenters. The Morgan fingerprint density at radius 1 is 1.08 bits per heavy atom. The zero-order chi connectivity index (χ0) is 9.10. The molecule has 0 bridgehead atoms. The zero-order valence-electron chi connectivity index (χ0n) is 7.20. The molecule has 1 aliphatic rings. The van der Waals surface area contributed by atoms with Crippen molar-refractivity contribution in [3.63, 3.8) is 0 Å². The van der Waals surface area contributed by atoms with Crippen LogP contribution in [0.3, 0.4) is 0 Å². The monoisotopic (exact) mass is 290 g/mol. The first kappa shape index (κ1) is 9.43. The highest BCUT2D eigenvalue weighted by molar-refractivity contribution is 14.1. The van der Waals surface area contributed by atoms with Crippen molar-refractivity contribution in [3.05, 3.63) is 33.4 Å². The molecule has 0 spiro atoms. The minimum absolute atomic E-state index is 0.147. The van der Waals surface area contributed by atoms with Crippen molar-refractivity contribution >= 4 is 22.6 Å². The van der Waals surface area contributed by atoms with Gasteiger partial charge in [0.15, 0.2) is 6.29 Å². The van der Waals surface area contributed by atoms with Crippen LogP contribution < -0.4 is 0 Å². The second-order valence-electron chi connectivity index (χ2n) is 2.98. The SMILES string of the molecule is Ic1ccc(C2OCCCO2)cc1. The average Bonchev–Trinajstić information content (AvgIpc) is 2.20. The maximum absolute atomic E-state index is 5.48. The molecule has 1 aromatic rings. The lowest BCUT2D eigenvalue weighted by molar-refractivity contribution is -0.183. The third-order valence-corrected chi connectivity index (χ3v) is 2.69. The molecule has 0 aliphatic carbocycles. The summed E-state index contributed by atoms with van der Waals surface area (Å²) in [5.74, 6) is 0. The minimum atomic E-state index is -0.147. The fourth-order valence-electron chi connectivity index (χ4n) is 1.30. The predicted molar refractivity (Wildman–Crippen MR) is 58.4 cm³/mol. The van der Waals surface area contributed by atoms with Crippen molar-refractivity contribution in [3.8, 4) is 0 Å². The molecule has 0 radical (unpaired) electrons. The maximum atomic E-state index is 5.48. The smallest absolute Gasteiger partial charge is 0.183 e. The van der Waals surface area contributed by atoms with E-state index in [9.17, 15) is 0 Å². The van der Waals surface area contributed by atoms with E-state index in [0.29, 0.717) is 0 Å².